The summed E-state index contributed by atoms with van der Waals surface area (Å²) in [5.41, 5.74) is 3.86. The van der Waals surface area contributed by atoms with Crippen molar-refractivity contribution >= 4 is 21.6 Å². The van der Waals surface area contributed by atoms with Crippen LogP contribution in [0, 0.1) is 13.8 Å². The van der Waals surface area contributed by atoms with E-state index < -0.39 is 10.0 Å². The minimum Gasteiger partial charge on any atom is -0.348 e. The predicted octanol–water partition coefficient (Wildman–Crippen LogP) is 4.03. The molecule has 0 aliphatic heterocycles. The summed E-state index contributed by atoms with van der Waals surface area (Å²) in [5, 5.41) is 2.82. The molecule has 0 radical (unpaired) electrons. The van der Waals surface area contributed by atoms with Gasteiger partial charge in [-0.2, -0.15) is 0 Å². The standard InChI is InChI=1S/C22H22N2O3S/c1-16-12-17(2)14-20(13-16)24-28(26,27)21-10-8-19(9-11-21)22(25)23-15-18-6-4-3-5-7-18/h3-14,24H,15H2,1-2H3,(H,23,25). The molecule has 0 fully saturated rings. The van der Waals surface area contributed by atoms with Crippen LogP contribution in [0.25, 0.3) is 0 Å². The molecule has 0 heterocycles. The summed E-state index contributed by atoms with van der Waals surface area (Å²) in [6, 6.07) is 21.0. The highest BCUT2D eigenvalue weighted by Crippen LogP contribution is 2.19. The predicted molar refractivity (Wildman–Crippen MR) is 111 cm³/mol. The second kappa shape index (κ2) is 8.27. The number of nitrogens with one attached hydrogen (secondary N) is 2. The maximum Gasteiger partial charge on any atom is 0.261 e. The van der Waals surface area contributed by atoms with Crippen LogP contribution in [0.4, 0.5) is 5.69 Å². The number of hydrogen-bond acceptors (Lipinski definition) is 3. The van der Waals surface area contributed by atoms with Gasteiger partial charge in [-0.3, -0.25) is 9.52 Å². The number of benzene rings is 3. The number of anilines is 1. The van der Waals surface area contributed by atoms with Gasteiger partial charge < -0.3 is 5.32 Å². The van der Waals surface area contributed by atoms with Gasteiger partial charge in [0, 0.05) is 17.8 Å². The molecule has 0 saturated carbocycles. The fourth-order valence-electron chi connectivity index (χ4n) is 2.91. The molecule has 3 aromatic rings. The minimum atomic E-state index is -3.73. The zero-order valence-corrected chi connectivity index (χ0v) is 16.6. The van der Waals surface area contributed by atoms with Crippen molar-refractivity contribution in [3.63, 3.8) is 0 Å². The van der Waals surface area contributed by atoms with Crippen molar-refractivity contribution in [3.8, 4) is 0 Å². The molecule has 0 unspecified atom stereocenters. The second-order valence-electron chi connectivity index (χ2n) is 6.67. The molecule has 0 bridgehead atoms. The number of carbonyl (C=O) groups excluding carboxylic acids is 1. The summed E-state index contributed by atoms with van der Waals surface area (Å²) < 4.78 is 27.8. The van der Waals surface area contributed by atoms with Crippen molar-refractivity contribution in [3.05, 3.63) is 95.1 Å². The Labute approximate surface area is 165 Å². The highest BCUT2D eigenvalue weighted by atomic mass is 32.2. The Hall–Kier alpha value is -3.12. The average molecular weight is 394 g/mol. The molecule has 0 atom stereocenters. The third-order valence-electron chi connectivity index (χ3n) is 4.20. The maximum absolute atomic E-state index is 12.6. The molecular formula is C22H22N2O3S. The minimum absolute atomic E-state index is 0.103. The van der Waals surface area contributed by atoms with Crippen LogP contribution in [-0.2, 0) is 16.6 Å². The van der Waals surface area contributed by atoms with E-state index in [0.717, 1.165) is 16.7 Å². The van der Waals surface area contributed by atoms with Crippen LogP contribution in [0.5, 0.6) is 0 Å². The highest BCUT2D eigenvalue weighted by molar-refractivity contribution is 7.92. The number of carbonyl (C=O) groups is 1. The Balaban J connectivity index is 1.69. The van der Waals surface area contributed by atoms with Crippen molar-refractivity contribution in [2.75, 3.05) is 4.72 Å². The highest BCUT2D eigenvalue weighted by Gasteiger charge is 2.15. The second-order valence-corrected chi connectivity index (χ2v) is 8.36. The van der Waals surface area contributed by atoms with Crippen molar-refractivity contribution < 1.29 is 13.2 Å². The normalized spacial score (nSPS) is 11.1. The zero-order chi connectivity index (χ0) is 20.1. The summed E-state index contributed by atoms with van der Waals surface area (Å²) in [4.78, 5) is 12.4. The summed E-state index contributed by atoms with van der Waals surface area (Å²) >= 11 is 0. The number of hydrogen-bond donors (Lipinski definition) is 2. The van der Waals surface area contributed by atoms with E-state index in [9.17, 15) is 13.2 Å². The van der Waals surface area contributed by atoms with Gasteiger partial charge >= 0.3 is 0 Å². The van der Waals surface area contributed by atoms with Gasteiger partial charge in [0.1, 0.15) is 0 Å². The Morgan fingerprint density at radius 2 is 1.46 bits per heavy atom. The van der Waals surface area contributed by atoms with Gasteiger partial charge in [0.25, 0.3) is 15.9 Å². The molecule has 0 aliphatic carbocycles. The van der Waals surface area contributed by atoms with E-state index in [0.29, 0.717) is 17.8 Å². The van der Waals surface area contributed by atoms with E-state index in [1.54, 1.807) is 12.1 Å². The molecule has 0 aromatic heterocycles. The van der Waals surface area contributed by atoms with E-state index in [1.165, 1.54) is 24.3 Å². The number of amides is 1. The van der Waals surface area contributed by atoms with Crippen LogP contribution < -0.4 is 10.0 Å². The van der Waals surface area contributed by atoms with Gasteiger partial charge in [-0.15, -0.1) is 0 Å². The molecule has 0 spiro atoms. The number of rotatable bonds is 6. The third-order valence-corrected chi connectivity index (χ3v) is 5.59. The Morgan fingerprint density at radius 1 is 0.857 bits per heavy atom. The molecule has 6 heteroatoms. The van der Waals surface area contributed by atoms with Crippen LogP contribution >= 0.6 is 0 Å². The molecule has 0 aliphatic rings. The molecular weight excluding hydrogens is 372 g/mol. The first kappa shape index (κ1) is 19.6. The van der Waals surface area contributed by atoms with Gasteiger partial charge in [0.05, 0.1) is 4.90 Å². The van der Waals surface area contributed by atoms with Crippen molar-refractivity contribution in [1.29, 1.82) is 0 Å². The van der Waals surface area contributed by atoms with E-state index in [2.05, 4.69) is 10.0 Å². The van der Waals surface area contributed by atoms with E-state index in [-0.39, 0.29) is 10.8 Å². The topological polar surface area (TPSA) is 75.3 Å². The van der Waals surface area contributed by atoms with Crippen LogP contribution in [0.3, 0.4) is 0 Å². The van der Waals surface area contributed by atoms with Gasteiger partial charge in [-0.25, -0.2) is 8.42 Å². The molecule has 0 saturated heterocycles. The van der Waals surface area contributed by atoms with Crippen LogP contribution in [0.2, 0.25) is 0 Å². The zero-order valence-electron chi connectivity index (χ0n) is 15.8. The average Bonchev–Trinajstić information content (AvgIpc) is 2.66. The smallest absolute Gasteiger partial charge is 0.261 e. The first-order valence-corrected chi connectivity index (χ1v) is 10.4. The van der Waals surface area contributed by atoms with Crippen LogP contribution in [0.1, 0.15) is 27.0 Å². The van der Waals surface area contributed by atoms with Gasteiger partial charge in [-0.1, -0.05) is 36.4 Å². The first-order valence-electron chi connectivity index (χ1n) is 8.87. The van der Waals surface area contributed by atoms with Gasteiger partial charge in [-0.05, 0) is 66.9 Å². The summed E-state index contributed by atoms with van der Waals surface area (Å²) in [5.74, 6) is -0.255. The van der Waals surface area contributed by atoms with Crippen molar-refractivity contribution in [2.24, 2.45) is 0 Å². The third kappa shape index (κ3) is 4.98. The Kier molecular flexibility index (Phi) is 5.80. The molecule has 5 nitrogen and oxygen atoms in total. The lowest BCUT2D eigenvalue weighted by molar-refractivity contribution is 0.0951. The van der Waals surface area contributed by atoms with Crippen molar-refractivity contribution in [2.45, 2.75) is 25.3 Å². The monoisotopic (exact) mass is 394 g/mol. The number of sulfonamides is 1. The fourth-order valence-corrected chi connectivity index (χ4v) is 3.95. The molecule has 1 amide bonds. The van der Waals surface area contributed by atoms with E-state index in [1.807, 2.05) is 50.2 Å². The maximum atomic E-state index is 12.6. The quantitative estimate of drug-likeness (QED) is 0.663. The summed E-state index contributed by atoms with van der Waals surface area (Å²) in [6.45, 7) is 4.23. The Bertz CT molecular complexity index is 1060. The molecule has 2 N–H and O–H groups in total. The molecule has 3 rings (SSSR count). The van der Waals surface area contributed by atoms with Crippen molar-refractivity contribution in [1.82, 2.24) is 5.32 Å². The lowest BCUT2D eigenvalue weighted by Crippen LogP contribution is -2.22. The molecule has 144 valence electrons. The Morgan fingerprint density at radius 3 is 2.07 bits per heavy atom. The van der Waals surface area contributed by atoms with Gasteiger partial charge in [0.2, 0.25) is 0 Å². The fraction of sp³-hybridized carbons (Fsp3) is 0.136. The largest absolute Gasteiger partial charge is 0.348 e. The molecule has 3 aromatic carbocycles. The first-order chi connectivity index (χ1) is 13.3. The van der Waals surface area contributed by atoms with E-state index >= 15 is 0 Å². The molecule has 28 heavy (non-hydrogen) atoms. The lowest BCUT2D eigenvalue weighted by atomic mass is 10.1. The summed E-state index contributed by atoms with van der Waals surface area (Å²) in [6.07, 6.45) is 0. The lowest BCUT2D eigenvalue weighted by Gasteiger charge is -2.11. The number of aryl methyl sites for hydroxylation is 2. The van der Waals surface area contributed by atoms with Crippen LogP contribution in [-0.4, -0.2) is 14.3 Å². The van der Waals surface area contributed by atoms with Gasteiger partial charge in [0.15, 0.2) is 0 Å². The summed E-state index contributed by atoms with van der Waals surface area (Å²) in [7, 11) is -3.73. The van der Waals surface area contributed by atoms with Crippen LogP contribution in [0.15, 0.2) is 77.7 Å². The SMILES string of the molecule is Cc1cc(C)cc(NS(=O)(=O)c2ccc(C(=O)NCc3ccccc3)cc2)c1. The van der Waals surface area contributed by atoms with E-state index in [4.69, 9.17) is 0 Å².